The molecule has 4 nitrogen and oxygen atoms in total. The maximum atomic E-state index is 13.5. The second-order valence-electron chi connectivity index (χ2n) is 7.96. The quantitative estimate of drug-likeness (QED) is 0.349. The minimum Gasteiger partial charge on any atom is -0.322 e. The number of likely N-dealkylation sites (N-methyl/N-ethyl adjacent to an activating group) is 1. The molecule has 1 aliphatic rings. The van der Waals surface area contributed by atoms with E-state index in [1.54, 1.807) is 11.9 Å². The van der Waals surface area contributed by atoms with Crippen molar-refractivity contribution in [1.82, 2.24) is 9.80 Å². The van der Waals surface area contributed by atoms with E-state index in [0.29, 0.717) is 0 Å². The van der Waals surface area contributed by atoms with Crippen LogP contribution < -0.4 is 0 Å². The summed E-state index contributed by atoms with van der Waals surface area (Å²) in [4.78, 5) is 29.6. The molecule has 1 fully saturated rings. The summed E-state index contributed by atoms with van der Waals surface area (Å²) in [7, 11) is 1.80. The predicted molar refractivity (Wildman–Crippen MR) is 115 cm³/mol. The van der Waals surface area contributed by atoms with Gasteiger partial charge in [-0.05, 0) is 38.2 Å². The second kappa shape index (κ2) is 11.0. The van der Waals surface area contributed by atoms with Gasteiger partial charge in [-0.2, -0.15) is 0 Å². The van der Waals surface area contributed by atoms with Crippen molar-refractivity contribution in [2.45, 2.75) is 77.3 Å². The molecule has 1 heterocycles. The van der Waals surface area contributed by atoms with Gasteiger partial charge in [0.05, 0.1) is 12.1 Å². The van der Waals surface area contributed by atoms with E-state index >= 15 is 0 Å². The number of urea groups is 1. The van der Waals surface area contributed by atoms with Crippen LogP contribution in [-0.2, 0) is 4.79 Å². The zero-order valence-electron chi connectivity index (χ0n) is 17.8. The van der Waals surface area contributed by atoms with Crippen LogP contribution in [0.25, 0.3) is 0 Å². The lowest BCUT2D eigenvalue weighted by molar-refractivity contribution is -0.134. The number of benzene rings is 1. The molecule has 1 aliphatic heterocycles. The monoisotopic (exact) mass is 384 g/mol. The highest BCUT2D eigenvalue weighted by atomic mass is 16.2. The fourth-order valence-electron chi connectivity index (χ4n) is 4.17. The minimum atomic E-state index is -0.210. The van der Waals surface area contributed by atoms with Crippen LogP contribution in [-0.4, -0.2) is 34.8 Å². The molecule has 0 aliphatic carbocycles. The molecular formula is C24H36N2O2. The Bertz CT molecular complexity index is 643. The van der Waals surface area contributed by atoms with E-state index in [0.717, 1.165) is 44.1 Å². The molecule has 0 radical (unpaired) electrons. The van der Waals surface area contributed by atoms with Gasteiger partial charge in [-0.3, -0.25) is 9.69 Å². The van der Waals surface area contributed by atoms with Crippen LogP contribution >= 0.6 is 0 Å². The summed E-state index contributed by atoms with van der Waals surface area (Å²) in [6.45, 7) is 7.90. The molecule has 0 N–H and O–H groups in total. The predicted octanol–water partition coefficient (Wildman–Crippen LogP) is 5.95. The van der Waals surface area contributed by atoms with Crippen LogP contribution in [0.3, 0.4) is 0 Å². The van der Waals surface area contributed by atoms with E-state index < -0.39 is 0 Å². The van der Waals surface area contributed by atoms with Gasteiger partial charge in [0.1, 0.15) is 0 Å². The molecule has 0 bridgehead atoms. The fraction of sp³-hybridized carbons (Fsp3) is 0.583. The van der Waals surface area contributed by atoms with Crippen LogP contribution in [0, 0.1) is 5.92 Å². The van der Waals surface area contributed by atoms with E-state index in [9.17, 15) is 9.59 Å². The summed E-state index contributed by atoms with van der Waals surface area (Å²) >= 11 is 0. The van der Waals surface area contributed by atoms with Crippen LogP contribution in [0.4, 0.5) is 4.79 Å². The van der Waals surface area contributed by atoms with Crippen molar-refractivity contribution in [1.29, 1.82) is 0 Å². The Morgan fingerprint density at radius 1 is 1.14 bits per heavy atom. The number of carbonyl (C=O) groups is 2. The highest BCUT2D eigenvalue weighted by molar-refractivity contribution is 5.97. The maximum Gasteiger partial charge on any atom is 0.327 e. The number of unbranched alkanes of at least 4 members (excludes halogenated alkanes) is 4. The van der Waals surface area contributed by atoms with Crippen LogP contribution in [0.1, 0.15) is 76.8 Å². The van der Waals surface area contributed by atoms with Gasteiger partial charge in [0.2, 0.25) is 5.91 Å². The van der Waals surface area contributed by atoms with Gasteiger partial charge in [-0.1, -0.05) is 69.0 Å². The number of allylic oxidation sites excluding steroid dienone is 1. The lowest BCUT2D eigenvalue weighted by Crippen LogP contribution is -2.40. The average molecular weight is 385 g/mol. The molecule has 2 rings (SSSR count). The van der Waals surface area contributed by atoms with Crippen molar-refractivity contribution >= 4 is 11.9 Å². The van der Waals surface area contributed by atoms with Gasteiger partial charge < -0.3 is 4.90 Å². The summed E-state index contributed by atoms with van der Waals surface area (Å²) in [5.74, 6) is -0.0683. The molecule has 0 unspecified atom stereocenters. The Morgan fingerprint density at radius 3 is 2.46 bits per heavy atom. The maximum absolute atomic E-state index is 13.5. The number of nitrogens with zero attached hydrogens (tertiary/aromatic N) is 2. The lowest BCUT2D eigenvalue weighted by Gasteiger charge is -2.28. The Hall–Kier alpha value is -2.10. The number of carbonyl (C=O) groups excluding carboxylic acids is 2. The third-order valence-corrected chi connectivity index (χ3v) is 5.93. The minimum absolute atomic E-state index is 0.00277. The third kappa shape index (κ3) is 5.24. The molecule has 3 amide bonds. The first-order valence-corrected chi connectivity index (χ1v) is 10.8. The number of hydrogen-bond donors (Lipinski definition) is 0. The van der Waals surface area contributed by atoms with Gasteiger partial charge in [-0.25, -0.2) is 4.79 Å². The van der Waals surface area contributed by atoms with E-state index in [2.05, 4.69) is 13.5 Å². The van der Waals surface area contributed by atoms with Crippen LogP contribution in [0.5, 0.6) is 0 Å². The Kier molecular flexibility index (Phi) is 8.75. The molecule has 4 heteroatoms. The van der Waals surface area contributed by atoms with Crippen molar-refractivity contribution in [3.63, 3.8) is 0 Å². The molecule has 0 spiro atoms. The number of rotatable bonds is 11. The molecule has 0 aromatic heterocycles. The molecule has 1 aromatic carbocycles. The topological polar surface area (TPSA) is 40.6 Å². The number of amides is 3. The second-order valence-corrected chi connectivity index (χ2v) is 7.96. The fourth-order valence-corrected chi connectivity index (χ4v) is 4.17. The highest BCUT2D eigenvalue weighted by Crippen LogP contribution is 2.36. The van der Waals surface area contributed by atoms with Crippen LogP contribution in [0.2, 0.25) is 0 Å². The largest absolute Gasteiger partial charge is 0.327 e. The van der Waals surface area contributed by atoms with E-state index in [-0.39, 0.29) is 29.9 Å². The number of imide groups is 1. The van der Waals surface area contributed by atoms with Crippen molar-refractivity contribution < 1.29 is 9.59 Å². The van der Waals surface area contributed by atoms with Crippen LogP contribution in [0.15, 0.2) is 43.0 Å². The van der Waals surface area contributed by atoms with Gasteiger partial charge in [0.15, 0.2) is 0 Å². The average Bonchev–Trinajstić information content (AvgIpc) is 2.94. The summed E-state index contributed by atoms with van der Waals surface area (Å²) < 4.78 is 0. The van der Waals surface area contributed by atoms with E-state index in [1.807, 2.05) is 43.3 Å². The zero-order valence-corrected chi connectivity index (χ0v) is 17.8. The Morgan fingerprint density at radius 2 is 1.82 bits per heavy atom. The molecular weight excluding hydrogens is 348 g/mol. The molecule has 1 saturated heterocycles. The summed E-state index contributed by atoms with van der Waals surface area (Å²) in [5.41, 5.74) is 1.03. The van der Waals surface area contributed by atoms with E-state index in [1.165, 1.54) is 17.7 Å². The lowest BCUT2D eigenvalue weighted by atomic mass is 9.93. The van der Waals surface area contributed by atoms with Crippen molar-refractivity contribution in [2.24, 2.45) is 5.92 Å². The first-order valence-electron chi connectivity index (χ1n) is 10.8. The number of hydrogen-bond acceptors (Lipinski definition) is 2. The summed E-state index contributed by atoms with van der Waals surface area (Å²) in [6, 6.07) is 9.54. The van der Waals surface area contributed by atoms with Gasteiger partial charge in [-0.15, -0.1) is 6.58 Å². The van der Waals surface area contributed by atoms with Crippen molar-refractivity contribution in [2.75, 3.05) is 7.05 Å². The smallest absolute Gasteiger partial charge is 0.322 e. The molecule has 28 heavy (non-hydrogen) atoms. The van der Waals surface area contributed by atoms with Gasteiger partial charge >= 0.3 is 6.03 Å². The van der Waals surface area contributed by atoms with Crippen molar-refractivity contribution in [3.05, 3.63) is 48.6 Å². The Balaban J connectivity index is 2.11. The SMILES string of the molecule is C=CCCCCCC[C@H](CCC)C(=O)N1C(=O)N(C)[C@@H](C)[C@H]1c1ccccc1. The summed E-state index contributed by atoms with van der Waals surface area (Å²) in [6.07, 6.45) is 10.2. The van der Waals surface area contributed by atoms with Gasteiger partial charge in [0.25, 0.3) is 0 Å². The summed E-state index contributed by atoms with van der Waals surface area (Å²) in [5, 5.41) is 0. The zero-order chi connectivity index (χ0) is 20.5. The normalized spacial score (nSPS) is 20.5. The van der Waals surface area contributed by atoms with Gasteiger partial charge in [0, 0.05) is 13.0 Å². The van der Waals surface area contributed by atoms with Crippen molar-refractivity contribution in [3.8, 4) is 0 Å². The highest BCUT2D eigenvalue weighted by Gasteiger charge is 2.46. The molecule has 1 aromatic rings. The first kappa shape index (κ1) is 22.2. The molecule has 0 saturated carbocycles. The Labute approximate surface area is 170 Å². The third-order valence-electron chi connectivity index (χ3n) is 5.93. The first-order chi connectivity index (χ1) is 13.5. The molecule has 3 atom stereocenters. The molecule has 154 valence electrons. The van der Waals surface area contributed by atoms with E-state index in [4.69, 9.17) is 0 Å². The standard InChI is InChI=1S/C24H36N2O2/c1-5-7-8-9-10-12-18-21(15-6-2)23(27)26-22(19(3)25(4)24(26)28)20-16-13-11-14-17-20/h5,11,13-14,16-17,19,21-22H,1,6-10,12,15,18H2,2-4H3/t19-,21-,22-/m0/s1.